The van der Waals surface area contributed by atoms with Crippen molar-refractivity contribution in [2.24, 2.45) is 27.8 Å². The number of piperidine rings is 1. The van der Waals surface area contributed by atoms with Crippen molar-refractivity contribution in [3.8, 4) is 11.5 Å². The smallest absolute Gasteiger partial charge is 0.415 e. The van der Waals surface area contributed by atoms with Crippen LogP contribution in [0.2, 0.25) is 0 Å². The van der Waals surface area contributed by atoms with Gasteiger partial charge in [-0.25, -0.2) is 4.79 Å². The summed E-state index contributed by atoms with van der Waals surface area (Å²) in [5.74, 6) is 0.626. The molecule has 13 nitrogen and oxygen atoms in total. The molecule has 0 radical (unpaired) electrons. The van der Waals surface area contributed by atoms with Crippen LogP contribution in [0.25, 0.3) is 0 Å². The first-order valence-corrected chi connectivity index (χ1v) is 15.9. The van der Waals surface area contributed by atoms with Gasteiger partial charge in [0.1, 0.15) is 6.04 Å². The molecule has 2 aliphatic carbocycles. The van der Waals surface area contributed by atoms with E-state index in [-0.39, 0.29) is 42.1 Å². The van der Waals surface area contributed by atoms with Gasteiger partial charge in [0.2, 0.25) is 11.8 Å². The summed E-state index contributed by atoms with van der Waals surface area (Å²) in [5.41, 5.74) is 11.9. The van der Waals surface area contributed by atoms with Crippen molar-refractivity contribution >= 4 is 29.7 Å². The lowest BCUT2D eigenvalue weighted by Gasteiger charge is -2.57. The van der Waals surface area contributed by atoms with Gasteiger partial charge < -0.3 is 41.4 Å². The molecular formula is C32H47N7O6. The number of rotatable bonds is 10. The second-order valence-electron chi connectivity index (χ2n) is 13.9. The molecule has 1 saturated heterocycles. The van der Waals surface area contributed by atoms with E-state index < -0.39 is 23.7 Å². The third-order valence-electron chi connectivity index (χ3n) is 9.87. The highest BCUT2D eigenvalue weighted by molar-refractivity contribution is 5.90. The number of hydrogen-bond donors (Lipinski definition) is 4. The summed E-state index contributed by atoms with van der Waals surface area (Å²) < 4.78 is 12.3. The van der Waals surface area contributed by atoms with Crippen molar-refractivity contribution in [2.75, 3.05) is 40.3 Å². The standard InChI is InChI=1S/C32H47N7O6/c1-31(2,3)28(42)37-20(7-6-13-36-29(33)34)27(41)35-14-16-39(5)30(43)44-23-11-8-18-17-21-19-9-10-22(40)26-32(19,12-15-38(21)4)24(18)25(23)45-26/h8,11,19-21,26H,6-7,9-10,12-17H2,1-5H3,(H,35,41)(H,37,42)(H4,33,34,36)/t19?,20-,21?,26?,32?/m0/s1. The number of nitrogens with one attached hydrogen (secondary N) is 2. The second kappa shape index (κ2) is 12.5. The highest BCUT2D eigenvalue weighted by Gasteiger charge is 2.65. The predicted molar refractivity (Wildman–Crippen MR) is 168 cm³/mol. The number of aliphatic imine (C=N–C) groups is 1. The minimum atomic E-state index is -0.784. The normalized spacial score (nSPS) is 25.4. The average Bonchev–Trinajstić information content (AvgIpc) is 3.33. The molecule has 1 saturated carbocycles. The van der Waals surface area contributed by atoms with Crippen LogP contribution in [0.4, 0.5) is 4.79 Å². The van der Waals surface area contributed by atoms with Crippen LogP contribution in [0.5, 0.6) is 11.5 Å². The molecule has 2 heterocycles. The first-order valence-electron chi connectivity index (χ1n) is 15.9. The fourth-order valence-electron chi connectivity index (χ4n) is 7.47. The van der Waals surface area contributed by atoms with Gasteiger partial charge in [0.15, 0.2) is 29.3 Å². The Labute approximate surface area is 264 Å². The Hall–Kier alpha value is -3.87. The Bertz CT molecular complexity index is 1390. The number of ether oxygens (including phenoxy) is 2. The Kier molecular flexibility index (Phi) is 9.03. The van der Waals surface area contributed by atoms with Gasteiger partial charge in [0, 0.05) is 55.5 Å². The number of benzene rings is 1. The van der Waals surface area contributed by atoms with Crippen molar-refractivity contribution < 1.29 is 28.7 Å². The molecule has 4 unspecified atom stereocenters. The van der Waals surface area contributed by atoms with Crippen LogP contribution in [-0.4, -0.2) is 97.9 Å². The highest BCUT2D eigenvalue weighted by atomic mass is 16.6. The molecule has 246 valence electrons. The van der Waals surface area contributed by atoms with E-state index in [1.807, 2.05) is 6.07 Å². The van der Waals surface area contributed by atoms with Crippen LogP contribution in [0.15, 0.2) is 17.1 Å². The SMILES string of the molecule is CN(CCNC(=O)[C@H](CCCN=C(N)N)NC(=O)C(C)(C)C)C(=O)Oc1ccc2c3c1OC1C(=O)CCC4C(C2)N(C)CCC314. The number of nitrogens with two attached hydrogens (primary N) is 2. The van der Waals surface area contributed by atoms with Gasteiger partial charge in [-0.15, -0.1) is 0 Å². The Balaban J connectivity index is 1.22. The second-order valence-corrected chi connectivity index (χ2v) is 13.9. The Morgan fingerprint density at radius 1 is 1.27 bits per heavy atom. The molecule has 5 atom stereocenters. The maximum atomic E-state index is 13.2. The number of guanidine groups is 1. The van der Waals surface area contributed by atoms with Gasteiger partial charge in [-0.1, -0.05) is 26.8 Å². The summed E-state index contributed by atoms with van der Waals surface area (Å²) in [6.45, 7) is 6.84. The van der Waals surface area contributed by atoms with E-state index in [1.165, 1.54) is 4.90 Å². The average molecular weight is 626 g/mol. The number of likely N-dealkylation sites (N-methyl/N-ethyl adjacent to an activating group) is 2. The van der Waals surface area contributed by atoms with E-state index in [4.69, 9.17) is 20.9 Å². The first kappa shape index (κ1) is 32.5. The zero-order chi connectivity index (χ0) is 32.7. The monoisotopic (exact) mass is 625 g/mol. The van der Waals surface area contributed by atoms with Gasteiger partial charge in [0.25, 0.3) is 0 Å². The summed E-state index contributed by atoms with van der Waals surface area (Å²) in [6, 6.07) is 3.36. The van der Waals surface area contributed by atoms with Crippen LogP contribution in [0.1, 0.15) is 64.0 Å². The van der Waals surface area contributed by atoms with Gasteiger partial charge in [-0.05, 0) is 63.2 Å². The number of likely N-dealkylation sites (tertiary alicyclic amines) is 1. The van der Waals surface area contributed by atoms with Gasteiger partial charge in [-0.3, -0.25) is 19.4 Å². The number of amides is 3. The van der Waals surface area contributed by atoms with E-state index >= 15 is 0 Å². The number of carbonyl (C=O) groups excluding carboxylic acids is 4. The van der Waals surface area contributed by atoms with Crippen molar-refractivity contribution in [2.45, 2.75) is 82.9 Å². The van der Waals surface area contributed by atoms with E-state index in [9.17, 15) is 19.2 Å². The summed E-state index contributed by atoms with van der Waals surface area (Å²) in [5, 5.41) is 5.62. The van der Waals surface area contributed by atoms with Gasteiger partial charge in [0.05, 0.1) is 0 Å². The fourth-order valence-corrected chi connectivity index (χ4v) is 7.47. The molecule has 1 aromatic carbocycles. The van der Waals surface area contributed by atoms with Crippen molar-refractivity contribution in [3.63, 3.8) is 0 Å². The molecule has 13 heteroatoms. The van der Waals surface area contributed by atoms with E-state index in [0.717, 1.165) is 36.9 Å². The van der Waals surface area contributed by atoms with E-state index in [2.05, 4.69) is 27.6 Å². The van der Waals surface area contributed by atoms with Crippen LogP contribution >= 0.6 is 0 Å². The maximum Gasteiger partial charge on any atom is 0.415 e. The predicted octanol–water partition coefficient (Wildman–Crippen LogP) is 1.06. The highest BCUT2D eigenvalue weighted by Crippen LogP contribution is 2.63. The van der Waals surface area contributed by atoms with Crippen molar-refractivity contribution in [1.82, 2.24) is 20.4 Å². The fraction of sp³-hybridized carbons (Fsp3) is 0.656. The lowest BCUT2D eigenvalue weighted by molar-refractivity contribution is -0.138. The first-order chi connectivity index (χ1) is 21.2. The van der Waals surface area contributed by atoms with Crippen molar-refractivity contribution in [1.29, 1.82) is 0 Å². The van der Waals surface area contributed by atoms with Gasteiger partial charge >= 0.3 is 6.09 Å². The number of hydrogen-bond acceptors (Lipinski definition) is 8. The number of nitrogens with zero attached hydrogens (tertiary/aromatic N) is 3. The van der Waals surface area contributed by atoms with E-state index in [1.54, 1.807) is 33.9 Å². The molecule has 2 fully saturated rings. The molecular weight excluding hydrogens is 578 g/mol. The zero-order valence-electron chi connectivity index (χ0n) is 27.0. The molecule has 5 rings (SSSR count). The third kappa shape index (κ3) is 6.18. The maximum absolute atomic E-state index is 13.2. The lowest BCUT2D eigenvalue weighted by Crippen LogP contribution is -2.65. The van der Waals surface area contributed by atoms with Crippen LogP contribution in [0.3, 0.4) is 0 Å². The largest absolute Gasteiger partial charge is 0.477 e. The lowest BCUT2D eigenvalue weighted by atomic mass is 9.52. The molecule has 1 aromatic rings. The zero-order valence-corrected chi connectivity index (χ0v) is 27.0. The summed E-state index contributed by atoms with van der Waals surface area (Å²) in [4.78, 5) is 59.7. The molecule has 1 spiro atoms. The number of ketones is 1. The van der Waals surface area contributed by atoms with Gasteiger partial charge in [-0.2, -0.15) is 0 Å². The Morgan fingerprint density at radius 2 is 2.02 bits per heavy atom. The quantitative estimate of drug-likeness (QED) is 0.168. The topological polar surface area (TPSA) is 182 Å². The molecule has 6 N–H and O–H groups in total. The third-order valence-corrected chi connectivity index (χ3v) is 9.87. The minimum absolute atomic E-state index is 0.0356. The summed E-state index contributed by atoms with van der Waals surface area (Å²) in [6.07, 6.45) is 2.76. The number of Topliss-reactive ketones (excluding diaryl/α,β-unsaturated/α-hetero) is 1. The number of carbonyl (C=O) groups is 4. The van der Waals surface area contributed by atoms with Crippen molar-refractivity contribution in [3.05, 3.63) is 23.3 Å². The molecule has 2 aliphatic heterocycles. The van der Waals surface area contributed by atoms with Crippen LogP contribution in [0, 0.1) is 11.3 Å². The Morgan fingerprint density at radius 3 is 2.73 bits per heavy atom. The van der Waals surface area contributed by atoms with Crippen LogP contribution in [-0.2, 0) is 26.2 Å². The molecule has 0 aromatic heterocycles. The van der Waals surface area contributed by atoms with E-state index in [0.29, 0.717) is 49.3 Å². The molecule has 4 aliphatic rings. The summed E-state index contributed by atoms with van der Waals surface area (Å²) >= 11 is 0. The molecule has 3 amide bonds. The minimum Gasteiger partial charge on any atom is -0.477 e. The molecule has 45 heavy (non-hydrogen) atoms. The molecule has 2 bridgehead atoms. The van der Waals surface area contributed by atoms with Crippen LogP contribution < -0.4 is 31.6 Å². The summed E-state index contributed by atoms with van der Waals surface area (Å²) in [7, 11) is 3.75.